The zero-order chi connectivity index (χ0) is 28.4. The number of hydrogen-bond donors (Lipinski definition) is 0. The monoisotopic (exact) mass is 560 g/mol. The lowest BCUT2D eigenvalue weighted by atomic mass is 10.0. The average molecular weight is 561 g/mol. The molecule has 0 N–H and O–H groups in total. The number of aromatic nitrogens is 2. The Bertz CT molecular complexity index is 2430. The number of fused-ring (bicyclic) bond motifs is 13. The molecule has 0 aliphatic heterocycles. The van der Waals surface area contributed by atoms with E-state index >= 15 is 0 Å². The molecule has 8 aromatic rings. The van der Waals surface area contributed by atoms with Crippen LogP contribution in [0.1, 0.15) is 25.0 Å². The van der Waals surface area contributed by atoms with E-state index in [4.69, 9.17) is 0 Å². The minimum absolute atomic E-state index is 0.583. The first kappa shape index (κ1) is 25.1. The maximum atomic E-state index is 2.46. The third-order valence-corrected chi connectivity index (χ3v) is 9.58. The van der Waals surface area contributed by atoms with Crippen molar-refractivity contribution in [3.8, 4) is 0 Å². The van der Waals surface area contributed by atoms with E-state index in [0.29, 0.717) is 5.92 Å². The van der Waals surface area contributed by atoms with Gasteiger partial charge in [-0.25, -0.2) is 0 Å². The van der Waals surface area contributed by atoms with Crippen molar-refractivity contribution in [1.82, 2.24) is 0 Å². The van der Waals surface area contributed by atoms with Crippen molar-refractivity contribution >= 4 is 75.1 Å². The third kappa shape index (κ3) is 4.00. The summed E-state index contributed by atoms with van der Waals surface area (Å²) in [5, 5.41) is 7.63. The van der Waals surface area contributed by atoms with Gasteiger partial charge < -0.3 is 0 Å². The van der Waals surface area contributed by atoms with Gasteiger partial charge in [0.05, 0.1) is 0 Å². The Morgan fingerprint density at radius 2 is 1.21 bits per heavy atom. The molecule has 0 atom stereocenters. The average Bonchev–Trinajstić information content (AvgIpc) is 3.14. The number of pyridine rings is 2. The normalized spacial score (nSPS) is 12.0. The highest BCUT2D eigenvalue weighted by atomic mass is 32.1. The van der Waals surface area contributed by atoms with E-state index in [9.17, 15) is 0 Å². The van der Waals surface area contributed by atoms with E-state index in [1.165, 1.54) is 74.9 Å². The Labute approximate surface area is 249 Å². The fourth-order valence-electron chi connectivity index (χ4n) is 6.60. The van der Waals surface area contributed by atoms with E-state index < -0.39 is 0 Å². The van der Waals surface area contributed by atoms with Gasteiger partial charge in [0.25, 0.3) is 0 Å². The lowest BCUT2D eigenvalue weighted by molar-refractivity contribution is -0.488. The van der Waals surface area contributed by atoms with Crippen molar-refractivity contribution in [3.05, 3.63) is 133 Å². The summed E-state index contributed by atoms with van der Waals surface area (Å²) >= 11 is 1.88. The van der Waals surface area contributed by atoms with Gasteiger partial charge in [-0.3, -0.25) is 0 Å². The van der Waals surface area contributed by atoms with Crippen LogP contribution < -0.4 is 8.80 Å². The van der Waals surface area contributed by atoms with Crippen molar-refractivity contribution in [3.63, 3.8) is 0 Å². The summed E-state index contributed by atoms with van der Waals surface area (Å²) < 4.78 is 7.40. The van der Waals surface area contributed by atoms with E-state index in [-0.39, 0.29) is 0 Å². The Hall–Kier alpha value is -4.60. The van der Waals surface area contributed by atoms with E-state index in [1.54, 1.807) is 0 Å². The van der Waals surface area contributed by atoms with Crippen LogP contribution in [0.2, 0.25) is 0 Å². The maximum Gasteiger partial charge on any atom is 0.226 e. The quantitative estimate of drug-likeness (QED) is 0.186. The summed E-state index contributed by atoms with van der Waals surface area (Å²) in [6.45, 7) is 6.78. The van der Waals surface area contributed by atoms with Crippen LogP contribution >= 0.6 is 11.3 Å². The molecule has 8 rings (SSSR count). The van der Waals surface area contributed by atoms with Crippen LogP contribution in [0.25, 0.3) is 63.8 Å². The molecule has 0 radical (unpaired) electrons. The van der Waals surface area contributed by atoms with Crippen molar-refractivity contribution in [2.45, 2.75) is 27.2 Å². The topological polar surface area (TPSA) is 8.20 Å². The first-order valence-electron chi connectivity index (χ1n) is 14.8. The highest BCUT2D eigenvalue weighted by Crippen LogP contribution is 2.36. The summed E-state index contributed by atoms with van der Waals surface area (Å²) in [6, 6.07) is 40.7. The molecular weight excluding hydrogens is 529 g/mol. The van der Waals surface area contributed by atoms with Gasteiger partial charge >= 0.3 is 0 Å². The summed E-state index contributed by atoms with van der Waals surface area (Å²) in [5.74, 6) is 0.583. The second-order valence-electron chi connectivity index (χ2n) is 11.9. The van der Waals surface area contributed by atoms with Crippen molar-refractivity contribution in [2.24, 2.45) is 5.92 Å². The Morgan fingerprint density at radius 1 is 0.548 bits per heavy atom. The number of para-hydroxylation sites is 1. The molecule has 0 fully saturated rings. The molecule has 0 bridgehead atoms. The SMILES string of the molecule is Cc1ccc2c3ccccc3[n+]3ccc(CC(C)C)cc3c3cc4c(cc3[n+]2c1)sc1ccccc1c1ccccc41. The van der Waals surface area contributed by atoms with Crippen molar-refractivity contribution in [1.29, 1.82) is 0 Å². The predicted molar refractivity (Wildman–Crippen MR) is 179 cm³/mol. The number of hydrogen-bond acceptors (Lipinski definition) is 1. The molecule has 42 heavy (non-hydrogen) atoms. The van der Waals surface area contributed by atoms with Crippen molar-refractivity contribution in [2.75, 3.05) is 0 Å². The van der Waals surface area contributed by atoms with E-state index in [1.807, 2.05) is 11.3 Å². The van der Waals surface area contributed by atoms with Gasteiger partial charge in [0, 0.05) is 50.7 Å². The molecular formula is C39H32N2S+2. The number of benzene rings is 4. The molecule has 3 heteroatoms. The third-order valence-electron chi connectivity index (χ3n) is 8.45. The Morgan fingerprint density at radius 3 is 2.02 bits per heavy atom. The second-order valence-corrected chi connectivity index (χ2v) is 13.0. The lowest BCUT2D eigenvalue weighted by Crippen LogP contribution is -2.27. The number of nitrogens with zero attached hydrogens (tertiary/aromatic N) is 2. The van der Waals surface area contributed by atoms with Crippen LogP contribution in [0.5, 0.6) is 0 Å². The van der Waals surface area contributed by atoms with E-state index in [0.717, 1.165) is 6.42 Å². The number of rotatable bonds is 2. The zero-order valence-corrected chi connectivity index (χ0v) is 25.0. The second kappa shape index (κ2) is 9.75. The molecule has 0 unspecified atom stereocenters. The predicted octanol–water partition coefficient (Wildman–Crippen LogP) is 9.62. The van der Waals surface area contributed by atoms with Gasteiger partial charge in [-0.2, -0.15) is 8.80 Å². The standard InChI is InChI=1S/C39H32N2S/c1-25(2)20-27-18-19-40-34-14-8-6-13-31(34)35-17-16-26(3)24-41(35)37-23-39-32(22-33(37)36(40)21-27)29-11-5-4-10-28(29)30-12-7-9-15-38(30)42-39/h4-19,21-25H,20H2,1-3H3/q+2. The smallest absolute Gasteiger partial charge is 0.159 e. The first-order valence-corrected chi connectivity index (χ1v) is 15.6. The highest BCUT2D eigenvalue weighted by molar-refractivity contribution is 7.24. The molecule has 0 amide bonds. The van der Waals surface area contributed by atoms with Crippen molar-refractivity contribution < 1.29 is 8.80 Å². The molecule has 0 aliphatic rings. The minimum Gasteiger partial charge on any atom is -0.159 e. The lowest BCUT2D eigenvalue weighted by Gasteiger charge is -2.06. The maximum absolute atomic E-state index is 2.46. The summed E-state index contributed by atoms with van der Waals surface area (Å²) in [5.41, 5.74) is 7.43. The van der Waals surface area contributed by atoms with Gasteiger partial charge in [-0.05, 0) is 65.3 Å². The van der Waals surface area contributed by atoms with Crippen LogP contribution in [0.3, 0.4) is 0 Å². The molecule has 4 aromatic carbocycles. The zero-order valence-electron chi connectivity index (χ0n) is 24.1. The Kier molecular flexibility index (Phi) is 5.84. The van der Waals surface area contributed by atoms with Crippen LogP contribution in [0, 0.1) is 12.8 Å². The first-order chi connectivity index (χ1) is 20.5. The van der Waals surface area contributed by atoms with Gasteiger partial charge in [0.2, 0.25) is 22.1 Å². The van der Waals surface area contributed by atoms with Crippen LogP contribution in [0.15, 0.2) is 122 Å². The molecule has 0 aliphatic carbocycles. The van der Waals surface area contributed by atoms with Gasteiger partial charge in [0.15, 0.2) is 12.4 Å². The molecule has 2 nitrogen and oxygen atoms in total. The number of aryl methyl sites for hydroxylation is 1. The molecule has 202 valence electrons. The largest absolute Gasteiger partial charge is 0.226 e. The van der Waals surface area contributed by atoms with Crippen LogP contribution in [0.4, 0.5) is 0 Å². The summed E-state index contributed by atoms with van der Waals surface area (Å²) in [6.07, 6.45) is 5.63. The Balaban J connectivity index is 1.72. The van der Waals surface area contributed by atoms with Gasteiger partial charge in [0.1, 0.15) is 10.8 Å². The minimum atomic E-state index is 0.583. The fraction of sp³-hybridized carbons (Fsp3) is 0.128. The van der Waals surface area contributed by atoms with Gasteiger partial charge in [-0.1, -0.05) is 68.4 Å². The van der Waals surface area contributed by atoms with Crippen LogP contribution in [-0.4, -0.2) is 0 Å². The molecule has 0 spiro atoms. The molecule has 4 heterocycles. The molecule has 4 aromatic heterocycles. The van der Waals surface area contributed by atoms with Crippen LogP contribution in [-0.2, 0) is 6.42 Å². The fourth-order valence-corrected chi connectivity index (χ4v) is 7.72. The highest BCUT2D eigenvalue weighted by Gasteiger charge is 2.21. The van der Waals surface area contributed by atoms with E-state index in [2.05, 4.69) is 151 Å². The summed E-state index contributed by atoms with van der Waals surface area (Å²) in [4.78, 5) is 0. The van der Waals surface area contributed by atoms with Gasteiger partial charge in [-0.15, -0.1) is 11.3 Å². The summed E-state index contributed by atoms with van der Waals surface area (Å²) in [7, 11) is 0. The molecule has 0 saturated carbocycles. The molecule has 0 saturated heterocycles.